The van der Waals surface area contributed by atoms with Crippen LogP contribution in [0.2, 0.25) is 0 Å². The molecule has 1 aromatic rings. The summed E-state index contributed by atoms with van der Waals surface area (Å²) in [6, 6.07) is -0.478. The molecule has 0 saturated carbocycles. The molecule has 0 radical (unpaired) electrons. The lowest BCUT2D eigenvalue weighted by molar-refractivity contribution is -0.122. The van der Waals surface area contributed by atoms with Crippen molar-refractivity contribution in [3.8, 4) is 0 Å². The van der Waals surface area contributed by atoms with Crippen molar-refractivity contribution >= 4 is 11.9 Å². The number of hydrogen-bond acceptors (Lipinski definition) is 4. The van der Waals surface area contributed by atoms with Gasteiger partial charge in [-0.15, -0.1) is 0 Å². The second-order valence-electron chi connectivity index (χ2n) is 6.21. The van der Waals surface area contributed by atoms with Crippen molar-refractivity contribution < 1.29 is 14.3 Å². The Morgan fingerprint density at radius 1 is 1.40 bits per heavy atom. The highest BCUT2D eigenvalue weighted by molar-refractivity contribution is 5.86. The number of rotatable bonds is 1. The first kappa shape index (κ1) is 14.6. The highest BCUT2D eigenvalue weighted by atomic mass is 16.6. The maximum atomic E-state index is 12.3. The molecular weight excluding hydrogens is 258 g/mol. The van der Waals surface area contributed by atoms with Gasteiger partial charge in [0, 0.05) is 17.7 Å². The van der Waals surface area contributed by atoms with E-state index in [9.17, 15) is 9.59 Å². The molecule has 2 rings (SSSR count). The summed E-state index contributed by atoms with van der Waals surface area (Å²) in [5.41, 5.74) is 2.21. The molecule has 6 heteroatoms. The molecule has 1 aliphatic rings. The molecule has 0 fully saturated rings. The zero-order valence-electron chi connectivity index (χ0n) is 12.6. The number of aromatic nitrogens is 2. The van der Waals surface area contributed by atoms with Crippen LogP contribution in [0, 0.1) is 6.92 Å². The van der Waals surface area contributed by atoms with Crippen molar-refractivity contribution in [1.29, 1.82) is 0 Å². The molecule has 0 aromatic carbocycles. The molecule has 1 aromatic heterocycles. The number of ether oxygens (including phenoxy) is 1. The lowest BCUT2D eigenvalue weighted by Gasteiger charge is -2.35. The maximum Gasteiger partial charge on any atom is 0.411 e. The second-order valence-corrected chi connectivity index (χ2v) is 6.21. The van der Waals surface area contributed by atoms with E-state index in [4.69, 9.17) is 4.74 Å². The highest BCUT2D eigenvalue weighted by Crippen LogP contribution is 2.26. The third-order valence-corrected chi connectivity index (χ3v) is 3.35. The van der Waals surface area contributed by atoms with Crippen molar-refractivity contribution in [2.24, 2.45) is 0 Å². The van der Waals surface area contributed by atoms with Gasteiger partial charge in [0.1, 0.15) is 5.60 Å². The Hall–Kier alpha value is -1.85. The van der Waals surface area contributed by atoms with Gasteiger partial charge in [0.15, 0.2) is 5.78 Å². The topological polar surface area (TPSA) is 75.3 Å². The van der Waals surface area contributed by atoms with Crippen molar-refractivity contribution in [2.75, 3.05) is 0 Å². The summed E-state index contributed by atoms with van der Waals surface area (Å²) in [5.74, 6) is -0.0397. The van der Waals surface area contributed by atoms with Crippen LogP contribution in [0.25, 0.3) is 0 Å². The first-order chi connectivity index (χ1) is 9.19. The van der Waals surface area contributed by atoms with E-state index in [0.29, 0.717) is 13.0 Å². The smallest absolute Gasteiger partial charge is 0.411 e. The number of nitrogens with one attached hydrogen (secondary N) is 1. The van der Waals surface area contributed by atoms with E-state index >= 15 is 0 Å². The monoisotopic (exact) mass is 279 g/mol. The largest absolute Gasteiger partial charge is 0.444 e. The van der Waals surface area contributed by atoms with E-state index in [1.54, 1.807) is 0 Å². The Bertz CT molecular complexity index is 542. The van der Waals surface area contributed by atoms with E-state index in [2.05, 4.69) is 10.2 Å². The lowest BCUT2D eigenvalue weighted by Crippen LogP contribution is -2.49. The Morgan fingerprint density at radius 3 is 2.60 bits per heavy atom. The van der Waals surface area contributed by atoms with Crippen LogP contribution >= 0.6 is 0 Å². The first-order valence-corrected chi connectivity index (χ1v) is 6.72. The van der Waals surface area contributed by atoms with Crippen molar-refractivity contribution in [3.05, 3.63) is 17.0 Å². The number of hydrogen-bond donors (Lipinski definition) is 1. The van der Waals surface area contributed by atoms with Crippen LogP contribution in [0.1, 0.15) is 44.6 Å². The van der Waals surface area contributed by atoms with Gasteiger partial charge in [-0.2, -0.15) is 5.10 Å². The summed E-state index contributed by atoms with van der Waals surface area (Å²) >= 11 is 0. The van der Waals surface area contributed by atoms with Crippen LogP contribution in [0.3, 0.4) is 0 Å². The van der Waals surface area contributed by atoms with Gasteiger partial charge in [0.2, 0.25) is 0 Å². The Balaban J connectivity index is 2.27. The number of ketones is 1. The minimum Gasteiger partial charge on any atom is -0.444 e. The Morgan fingerprint density at radius 2 is 2.05 bits per heavy atom. The molecule has 0 aliphatic carbocycles. The fraction of sp³-hybridized carbons (Fsp3) is 0.643. The average molecular weight is 279 g/mol. The minimum atomic E-state index is -0.583. The standard InChI is InChI=1S/C14H21N3O3/c1-8-10-6-12(9(2)18)17(7-11(10)16-15-8)13(19)20-14(3,4)5/h12H,6-7H2,1-5H3,(H,15,16). The Kier molecular flexibility index (Phi) is 3.58. The van der Waals surface area contributed by atoms with Gasteiger partial charge < -0.3 is 4.74 Å². The second kappa shape index (κ2) is 4.92. The quantitative estimate of drug-likeness (QED) is 0.852. The van der Waals surface area contributed by atoms with Gasteiger partial charge >= 0.3 is 6.09 Å². The van der Waals surface area contributed by atoms with Gasteiger partial charge in [0.25, 0.3) is 0 Å². The van der Waals surface area contributed by atoms with Crippen molar-refractivity contribution in [3.63, 3.8) is 0 Å². The molecule has 0 saturated heterocycles. The lowest BCUT2D eigenvalue weighted by atomic mass is 9.95. The Labute approximate surface area is 118 Å². The number of nitrogens with zero attached hydrogens (tertiary/aromatic N) is 2. The number of aryl methyl sites for hydroxylation is 1. The van der Waals surface area contributed by atoms with Gasteiger partial charge in [-0.1, -0.05) is 0 Å². The van der Waals surface area contributed by atoms with E-state index in [-0.39, 0.29) is 5.78 Å². The molecule has 6 nitrogen and oxygen atoms in total. The predicted molar refractivity (Wildman–Crippen MR) is 73.3 cm³/mol. The number of carbonyl (C=O) groups excluding carboxylic acids is 2. The molecule has 20 heavy (non-hydrogen) atoms. The molecule has 1 aliphatic heterocycles. The summed E-state index contributed by atoms with van der Waals surface area (Å²) in [6.07, 6.45) is 0.0238. The summed E-state index contributed by atoms with van der Waals surface area (Å²) < 4.78 is 5.38. The number of aromatic amines is 1. The zero-order valence-corrected chi connectivity index (χ0v) is 12.6. The minimum absolute atomic E-state index is 0.0397. The SMILES string of the molecule is CC(=O)C1Cc2c(n[nH]c2C)CN1C(=O)OC(C)(C)C. The number of Topliss-reactive ketones (excluding diaryl/α,β-unsaturated/α-hetero) is 1. The predicted octanol–water partition coefficient (Wildman–Crippen LogP) is 1.97. The number of amides is 1. The molecule has 1 atom stereocenters. The molecule has 1 amide bonds. The fourth-order valence-corrected chi connectivity index (χ4v) is 2.36. The third-order valence-electron chi connectivity index (χ3n) is 3.35. The van der Waals surface area contributed by atoms with Crippen LogP contribution in [0.5, 0.6) is 0 Å². The molecule has 1 unspecified atom stereocenters. The summed E-state index contributed by atoms with van der Waals surface area (Å²) in [4.78, 5) is 25.6. The molecular formula is C14H21N3O3. The molecule has 110 valence electrons. The summed E-state index contributed by atoms with van der Waals surface area (Å²) in [7, 11) is 0. The highest BCUT2D eigenvalue weighted by Gasteiger charge is 2.37. The van der Waals surface area contributed by atoms with Crippen LogP contribution < -0.4 is 0 Å². The molecule has 0 spiro atoms. The first-order valence-electron chi connectivity index (χ1n) is 6.72. The molecule has 2 heterocycles. The van der Waals surface area contributed by atoms with Gasteiger partial charge in [-0.25, -0.2) is 4.79 Å². The van der Waals surface area contributed by atoms with Gasteiger partial charge in [-0.05, 0) is 34.6 Å². The van der Waals surface area contributed by atoms with E-state index < -0.39 is 17.7 Å². The number of fused-ring (bicyclic) bond motifs is 1. The number of H-pyrrole nitrogens is 1. The van der Waals surface area contributed by atoms with Gasteiger partial charge in [0.05, 0.1) is 18.3 Å². The van der Waals surface area contributed by atoms with E-state index in [1.807, 2.05) is 27.7 Å². The number of carbonyl (C=O) groups is 2. The maximum absolute atomic E-state index is 12.3. The molecule has 0 bridgehead atoms. The van der Waals surface area contributed by atoms with Crippen LogP contribution in [-0.4, -0.2) is 38.6 Å². The molecule has 1 N–H and O–H groups in total. The average Bonchev–Trinajstić information content (AvgIpc) is 2.67. The zero-order chi connectivity index (χ0) is 15.1. The van der Waals surface area contributed by atoms with Crippen molar-refractivity contribution in [1.82, 2.24) is 15.1 Å². The van der Waals surface area contributed by atoms with Crippen LogP contribution in [-0.2, 0) is 22.5 Å². The van der Waals surface area contributed by atoms with Crippen molar-refractivity contribution in [2.45, 2.75) is 59.2 Å². The fourth-order valence-electron chi connectivity index (χ4n) is 2.36. The van der Waals surface area contributed by atoms with Crippen LogP contribution in [0.4, 0.5) is 4.79 Å². The van der Waals surface area contributed by atoms with E-state index in [0.717, 1.165) is 17.0 Å². The summed E-state index contributed by atoms with van der Waals surface area (Å²) in [5, 5.41) is 7.10. The summed E-state index contributed by atoms with van der Waals surface area (Å²) in [6.45, 7) is 9.15. The van der Waals surface area contributed by atoms with Gasteiger partial charge in [-0.3, -0.25) is 14.8 Å². The van der Waals surface area contributed by atoms with Crippen LogP contribution in [0.15, 0.2) is 0 Å². The van der Waals surface area contributed by atoms with E-state index in [1.165, 1.54) is 11.8 Å². The third kappa shape index (κ3) is 2.84. The normalized spacial score (nSPS) is 18.6.